The molecule has 0 heterocycles. The molecule has 3 aliphatic carbocycles. The Labute approximate surface area is 312 Å². The molecule has 1 nitrogen and oxygen atoms in total. The summed E-state index contributed by atoms with van der Waals surface area (Å²) in [5.41, 5.74) is 13.4. The summed E-state index contributed by atoms with van der Waals surface area (Å²) in [4.78, 5) is 2.43. The smallest absolute Gasteiger partial charge is 0.0502 e. The number of nitrogens with zero attached hydrogens (tertiary/aromatic N) is 1. The number of anilines is 3. The van der Waals surface area contributed by atoms with E-state index >= 15 is 0 Å². The Morgan fingerprint density at radius 1 is 0.566 bits per heavy atom. The number of allylic oxidation sites excluding steroid dienone is 8. The normalized spacial score (nSPS) is 19.6. The summed E-state index contributed by atoms with van der Waals surface area (Å²) in [5.74, 6) is 0.276. The van der Waals surface area contributed by atoms with E-state index in [0.717, 1.165) is 47.1 Å². The van der Waals surface area contributed by atoms with Gasteiger partial charge in [0, 0.05) is 38.6 Å². The molecule has 0 saturated heterocycles. The number of fused-ring (bicyclic) bond motifs is 4. The van der Waals surface area contributed by atoms with Gasteiger partial charge in [-0.2, -0.15) is 0 Å². The molecule has 0 radical (unpaired) electrons. The van der Waals surface area contributed by atoms with Crippen LogP contribution in [-0.4, -0.2) is 0 Å². The second kappa shape index (κ2) is 12.7. The Morgan fingerprint density at radius 2 is 1.26 bits per heavy atom. The van der Waals surface area contributed by atoms with Crippen molar-refractivity contribution >= 4 is 44.2 Å². The van der Waals surface area contributed by atoms with Crippen molar-refractivity contribution in [2.24, 2.45) is 0 Å². The number of hydrogen-bond donors (Lipinski definition) is 0. The molecule has 2 atom stereocenters. The minimum Gasteiger partial charge on any atom is -0.310 e. The van der Waals surface area contributed by atoms with Crippen LogP contribution in [0.5, 0.6) is 0 Å². The lowest BCUT2D eigenvalue weighted by Crippen LogP contribution is -2.28. The zero-order chi connectivity index (χ0) is 35.4. The van der Waals surface area contributed by atoms with Crippen molar-refractivity contribution in [2.45, 2.75) is 37.5 Å². The molecular weight excluding hydrogens is 639 g/mol. The Balaban J connectivity index is 1.21. The largest absolute Gasteiger partial charge is 0.310 e. The summed E-state index contributed by atoms with van der Waals surface area (Å²) >= 11 is 0. The second-order valence-corrected chi connectivity index (χ2v) is 14.6. The van der Waals surface area contributed by atoms with Gasteiger partial charge in [-0.15, -0.1) is 0 Å². The first kappa shape index (κ1) is 31.4. The van der Waals surface area contributed by atoms with Crippen LogP contribution in [0, 0.1) is 12.1 Å². The molecule has 0 aliphatic heterocycles. The predicted octanol–water partition coefficient (Wildman–Crippen LogP) is 13.7. The predicted molar refractivity (Wildman–Crippen MR) is 223 cm³/mol. The standard InChI is InChI=1S/C52H39N/c1-36-14-5-4-12-33-52(47-21-11-10-20-46(36)47)48-22-13-19-41-23-24-42-34-45(35-49(52)51(42)50(41)48)53(43-29-25-39(26-30-43)37-15-6-2-7-16-37)44-31-27-40(28-32-44)38-17-8-3-9-18-38/h2,4-8,10-22,25-32,34-36H,3,9,33H2,1H3/b12-4-,14-5-. The van der Waals surface area contributed by atoms with Crippen molar-refractivity contribution in [2.75, 3.05) is 4.90 Å². The minimum atomic E-state index is -0.376. The maximum absolute atomic E-state index is 3.65. The fourth-order valence-electron chi connectivity index (χ4n) is 9.09. The van der Waals surface area contributed by atoms with Gasteiger partial charge in [0.1, 0.15) is 0 Å². The first-order chi connectivity index (χ1) is 26.2. The topological polar surface area (TPSA) is 3.24 Å². The third kappa shape index (κ3) is 5.09. The highest BCUT2D eigenvalue weighted by Gasteiger charge is 2.44. The molecule has 2 unspecified atom stereocenters. The minimum absolute atomic E-state index is 0.276. The highest BCUT2D eigenvalue weighted by molar-refractivity contribution is 6.15. The molecule has 1 heteroatoms. The Hall–Kier alpha value is -6.36. The number of hydrogen-bond acceptors (Lipinski definition) is 1. The first-order valence-corrected chi connectivity index (χ1v) is 18.9. The van der Waals surface area contributed by atoms with Crippen LogP contribution >= 0.6 is 0 Å². The fourth-order valence-corrected chi connectivity index (χ4v) is 9.09. The SMILES string of the molecule is CC1/C=C\C=C/CC2(c3ccccc31)c1cccc3c#cc4cc(N(c5ccc(C6=CCCC=C6)cc5)c5ccc(-c6ccccc6)cc5)cc2c4c13. The molecule has 7 aromatic rings. The van der Waals surface area contributed by atoms with Crippen molar-refractivity contribution in [3.05, 3.63) is 216 Å². The molecule has 3 aliphatic rings. The summed E-state index contributed by atoms with van der Waals surface area (Å²) < 4.78 is 0. The zero-order valence-corrected chi connectivity index (χ0v) is 29.9. The molecule has 0 saturated carbocycles. The molecule has 0 fully saturated rings. The van der Waals surface area contributed by atoms with Gasteiger partial charge in [-0.1, -0.05) is 153 Å². The van der Waals surface area contributed by atoms with Crippen molar-refractivity contribution in [3.8, 4) is 11.1 Å². The third-order valence-corrected chi connectivity index (χ3v) is 11.6. The average molecular weight is 678 g/mol. The summed E-state index contributed by atoms with van der Waals surface area (Å²) in [5, 5.41) is 4.83. The second-order valence-electron chi connectivity index (χ2n) is 14.6. The molecule has 7 aromatic carbocycles. The van der Waals surface area contributed by atoms with E-state index in [1.165, 1.54) is 55.3 Å². The maximum atomic E-state index is 3.65. The van der Waals surface area contributed by atoms with Gasteiger partial charge in [-0.25, -0.2) is 0 Å². The van der Waals surface area contributed by atoms with Crippen molar-refractivity contribution in [1.82, 2.24) is 0 Å². The summed E-state index contributed by atoms with van der Waals surface area (Å²) in [7, 11) is 0. The van der Waals surface area contributed by atoms with Crippen LogP contribution < -0.4 is 4.90 Å². The monoisotopic (exact) mass is 677 g/mol. The maximum Gasteiger partial charge on any atom is 0.0502 e. The quantitative estimate of drug-likeness (QED) is 0.175. The van der Waals surface area contributed by atoms with E-state index in [4.69, 9.17) is 0 Å². The number of rotatable bonds is 5. The van der Waals surface area contributed by atoms with Gasteiger partial charge in [-0.3, -0.25) is 0 Å². The summed E-state index contributed by atoms with van der Waals surface area (Å²) in [6.45, 7) is 2.32. The van der Waals surface area contributed by atoms with Gasteiger partial charge in [0.2, 0.25) is 0 Å². The summed E-state index contributed by atoms with van der Waals surface area (Å²) in [6.07, 6.45) is 19.1. The molecule has 0 N–H and O–H groups in total. The van der Waals surface area contributed by atoms with E-state index in [1.54, 1.807) is 0 Å². The van der Waals surface area contributed by atoms with E-state index in [0.29, 0.717) is 0 Å². The molecule has 0 bridgehead atoms. The lowest BCUT2D eigenvalue weighted by molar-refractivity contribution is 0.636. The summed E-state index contributed by atoms with van der Waals surface area (Å²) in [6, 6.07) is 56.7. The highest BCUT2D eigenvalue weighted by atomic mass is 15.1. The van der Waals surface area contributed by atoms with Crippen LogP contribution in [0.4, 0.5) is 17.1 Å². The van der Waals surface area contributed by atoms with Gasteiger partial charge >= 0.3 is 0 Å². The van der Waals surface area contributed by atoms with Gasteiger partial charge in [0.15, 0.2) is 0 Å². The fraction of sp³-hybridized carbons (Fsp3) is 0.115. The molecule has 53 heavy (non-hydrogen) atoms. The molecule has 1 spiro atoms. The average Bonchev–Trinajstić information content (AvgIpc) is 3.54. The Kier molecular flexibility index (Phi) is 7.52. The van der Waals surface area contributed by atoms with Gasteiger partial charge < -0.3 is 4.90 Å². The van der Waals surface area contributed by atoms with Crippen LogP contribution in [0.25, 0.3) is 38.2 Å². The molecule has 0 amide bonds. The Bertz CT molecular complexity index is 2640. The van der Waals surface area contributed by atoms with E-state index in [9.17, 15) is 0 Å². The number of benzene rings is 6. The lowest BCUT2D eigenvalue weighted by Gasteiger charge is -2.36. The molecule has 0 aromatic heterocycles. The lowest BCUT2D eigenvalue weighted by atomic mass is 9.67. The highest BCUT2D eigenvalue weighted by Crippen LogP contribution is 2.57. The van der Waals surface area contributed by atoms with Crippen molar-refractivity contribution in [3.63, 3.8) is 0 Å². The van der Waals surface area contributed by atoms with Crippen LogP contribution in [0.3, 0.4) is 0 Å². The Morgan fingerprint density at radius 3 is 2.06 bits per heavy atom. The van der Waals surface area contributed by atoms with Gasteiger partial charge in [-0.05, 0) is 112 Å². The van der Waals surface area contributed by atoms with Crippen LogP contribution in [0.1, 0.15) is 59.9 Å². The van der Waals surface area contributed by atoms with Crippen LogP contribution in [0.15, 0.2) is 176 Å². The zero-order valence-electron chi connectivity index (χ0n) is 29.9. The van der Waals surface area contributed by atoms with E-state index < -0.39 is 0 Å². The van der Waals surface area contributed by atoms with Crippen LogP contribution in [0.2, 0.25) is 0 Å². The van der Waals surface area contributed by atoms with E-state index in [2.05, 4.69) is 200 Å². The van der Waals surface area contributed by atoms with Crippen molar-refractivity contribution in [1.29, 1.82) is 0 Å². The molecular formula is C52H39N. The van der Waals surface area contributed by atoms with Crippen molar-refractivity contribution < 1.29 is 0 Å². The van der Waals surface area contributed by atoms with Gasteiger partial charge in [0.05, 0.1) is 5.41 Å². The van der Waals surface area contributed by atoms with E-state index in [-0.39, 0.29) is 11.3 Å². The molecule has 252 valence electrons. The van der Waals surface area contributed by atoms with Gasteiger partial charge in [0.25, 0.3) is 0 Å². The van der Waals surface area contributed by atoms with E-state index in [1.807, 2.05) is 0 Å². The third-order valence-electron chi connectivity index (χ3n) is 11.6. The van der Waals surface area contributed by atoms with Crippen LogP contribution in [-0.2, 0) is 5.41 Å². The molecule has 10 rings (SSSR count). The first-order valence-electron chi connectivity index (χ1n) is 18.9.